The van der Waals surface area contributed by atoms with Crippen molar-refractivity contribution in [1.29, 1.82) is 0 Å². The molecule has 0 N–H and O–H groups in total. The predicted octanol–water partition coefficient (Wildman–Crippen LogP) is 13.2. The van der Waals surface area contributed by atoms with Crippen LogP contribution in [-0.4, -0.2) is 11.5 Å². The van der Waals surface area contributed by atoms with E-state index in [-0.39, 0.29) is 0 Å². The molecule has 0 unspecified atom stereocenters. The van der Waals surface area contributed by atoms with Gasteiger partial charge in [-0.05, 0) is 62.9 Å². The van der Waals surface area contributed by atoms with Crippen LogP contribution in [0.25, 0.3) is 71.4 Å². The van der Waals surface area contributed by atoms with Gasteiger partial charge in [0.2, 0.25) is 0 Å². The van der Waals surface area contributed by atoms with Gasteiger partial charge in [0.1, 0.15) is 11.2 Å². The fourth-order valence-electron chi connectivity index (χ4n) is 7.16. The molecule has 3 nitrogen and oxygen atoms in total. The van der Waals surface area contributed by atoms with Crippen molar-refractivity contribution in [2.24, 2.45) is 9.98 Å². The van der Waals surface area contributed by atoms with Crippen molar-refractivity contribution in [2.75, 3.05) is 0 Å². The summed E-state index contributed by atoms with van der Waals surface area (Å²) in [5.74, 6) is 0.574. The van der Waals surface area contributed by atoms with Gasteiger partial charge in [-0.25, -0.2) is 9.98 Å². The third-order valence-electron chi connectivity index (χ3n) is 9.84. The number of nitrogens with zero attached hydrogens (tertiary/aromatic N) is 2. The molecule has 52 heavy (non-hydrogen) atoms. The van der Waals surface area contributed by atoms with Gasteiger partial charge in [-0.15, -0.1) is 0 Å². The Bertz CT molecular complexity index is 2840. The van der Waals surface area contributed by atoms with Crippen LogP contribution in [0.3, 0.4) is 0 Å². The number of hydrogen-bond acceptors (Lipinski definition) is 2. The summed E-state index contributed by atoms with van der Waals surface area (Å²) in [4.78, 5) is 10.5. The van der Waals surface area contributed by atoms with E-state index in [9.17, 15) is 0 Å². The lowest BCUT2D eigenvalue weighted by molar-refractivity contribution is 0.670. The zero-order chi connectivity index (χ0) is 35.0. The highest BCUT2D eigenvalue weighted by molar-refractivity contribution is 6.26. The SMILES string of the molecule is C=C(N=C(N=C(C)c1ccc(-c2ccccc2)cc1)c1cc2oc3c(-c4ccccc4)cccc3c2c2ccccc12)c1ccc2ccccc2c1. The van der Waals surface area contributed by atoms with Crippen molar-refractivity contribution >= 4 is 60.7 Å². The fraction of sp³-hybridized carbons (Fsp3) is 0.0204. The third kappa shape index (κ3) is 5.69. The third-order valence-corrected chi connectivity index (χ3v) is 9.84. The molecule has 0 bridgehead atoms. The molecule has 1 heterocycles. The summed E-state index contributed by atoms with van der Waals surface area (Å²) >= 11 is 0. The molecule has 0 atom stereocenters. The summed E-state index contributed by atoms with van der Waals surface area (Å²) in [7, 11) is 0. The van der Waals surface area contributed by atoms with Crippen molar-refractivity contribution < 1.29 is 4.42 Å². The second-order valence-corrected chi connectivity index (χ2v) is 13.1. The summed E-state index contributed by atoms with van der Waals surface area (Å²) in [5.41, 5.74) is 10.5. The van der Waals surface area contributed by atoms with Crippen LogP contribution in [0.1, 0.15) is 23.6 Å². The molecule has 246 valence electrons. The summed E-state index contributed by atoms with van der Waals surface area (Å²) in [6.45, 7) is 6.51. The van der Waals surface area contributed by atoms with Gasteiger partial charge in [-0.1, -0.05) is 170 Å². The van der Waals surface area contributed by atoms with E-state index in [4.69, 9.17) is 14.4 Å². The lowest BCUT2D eigenvalue weighted by atomic mass is 9.97. The predicted molar refractivity (Wildman–Crippen MR) is 220 cm³/mol. The van der Waals surface area contributed by atoms with Crippen molar-refractivity contribution in [3.8, 4) is 22.3 Å². The molecule has 8 aromatic carbocycles. The maximum atomic E-state index is 6.79. The molecule has 0 saturated heterocycles. The molecule has 1 aromatic heterocycles. The minimum Gasteiger partial charge on any atom is -0.455 e. The number of aliphatic imine (C=N–C) groups is 2. The van der Waals surface area contributed by atoms with E-state index in [2.05, 4.69) is 170 Å². The highest BCUT2D eigenvalue weighted by Crippen LogP contribution is 2.41. The number of benzene rings is 8. The van der Waals surface area contributed by atoms with Gasteiger partial charge in [-0.2, -0.15) is 0 Å². The normalized spacial score (nSPS) is 12.2. The zero-order valence-corrected chi connectivity index (χ0v) is 28.8. The minimum absolute atomic E-state index is 0.574. The molecule has 9 rings (SSSR count). The molecular weight excluding hydrogens is 633 g/mol. The van der Waals surface area contributed by atoms with Gasteiger partial charge in [0.25, 0.3) is 0 Å². The van der Waals surface area contributed by atoms with Crippen LogP contribution in [0, 0.1) is 0 Å². The molecule has 0 aliphatic carbocycles. The van der Waals surface area contributed by atoms with E-state index in [0.717, 1.165) is 77.2 Å². The second kappa shape index (κ2) is 13.1. The molecule has 0 saturated carbocycles. The van der Waals surface area contributed by atoms with E-state index in [1.54, 1.807) is 0 Å². The highest BCUT2D eigenvalue weighted by Gasteiger charge is 2.19. The van der Waals surface area contributed by atoms with E-state index in [0.29, 0.717) is 11.5 Å². The van der Waals surface area contributed by atoms with E-state index >= 15 is 0 Å². The molecule has 9 aromatic rings. The Balaban J connectivity index is 1.24. The molecule has 0 aliphatic heterocycles. The largest absolute Gasteiger partial charge is 0.455 e. The second-order valence-electron chi connectivity index (χ2n) is 13.1. The van der Waals surface area contributed by atoms with Crippen molar-refractivity contribution in [3.63, 3.8) is 0 Å². The first-order valence-corrected chi connectivity index (χ1v) is 17.5. The Labute approximate surface area is 302 Å². The van der Waals surface area contributed by atoms with Gasteiger partial charge in [-0.3, -0.25) is 0 Å². The van der Waals surface area contributed by atoms with Crippen LogP contribution < -0.4 is 0 Å². The lowest BCUT2D eigenvalue weighted by Gasteiger charge is -2.11. The lowest BCUT2D eigenvalue weighted by Crippen LogP contribution is -2.05. The molecule has 0 amide bonds. The van der Waals surface area contributed by atoms with Crippen LogP contribution in [0.15, 0.2) is 197 Å². The topological polar surface area (TPSA) is 37.9 Å². The number of furan rings is 1. The van der Waals surface area contributed by atoms with Crippen LogP contribution in [0.2, 0.25) is 0 Å². The molecule has 0 radical (unpaired) electrons. The summed E-state index contributed by atoms with van der Waals surface area (Å²) < 4.78 is 6.79. The first kappa shape index (κ1) is 31.2. The maximum absolute atomic E-state index is 6.79. The fourth-order valence-corrected chi connectivity index (χ4v) is 7.16. The van der Waals surface area contributed by atoms with Crippen LogP contribution in [0.5, 0.6) is 0 Å². The maximum Gasteiger partial charge on any atom is 0.160 e. The van der Waals surface area contributed by atoms with E-state index < -0.39 is 0 Å². The Morgan fingerprint density at radius 1 is 0.500 bits per heavy atom. The average molecular weight is 667 g/mol. The number of amidine groups is 1. The van der Waals surface area contributed by atoms with Crippen LogP contribution in [0.4, 0.5) is 0 Å². The Hall–Kier alpha value is -6.84. The number of hydrogen-bond donors (Lipinski definition) is 0. The van der Waals surface area contributed by atoms with E-state index in [1.165, 1.54) is 10.9 Å². The molecular formula is C49H34N2O. The summed E-state index contributed by atoms with van der Waals surface area (Å²) in [6, 6.07) is 61.0. The van der Waals surface area contributed by atoms with Gasteiger partial charge < -0.3 is 4.42 Å². The molecule has 0 fully saturated rings. The Kier molecular flexibility index (Phi) is 7.87. The quantitative estimate of drug-likeness (QED) is 0.129. The first-order chi connectivity index (χ1) is 25.6. The number of rotatable bonds is 6. The number of para-hydroxylation sites is 1. The minimum atomic E-state index is 0.574. The Morgan fingerprint density at radius 2 is 1.12 bits per heavy atom. The van der Waals surface area contributed by atoms with Crippen molar-refractivity contribution in [3.05, 3.63) is 199 Å². The number of fused-ring (bicyclic) bond motifs is 6. The smallest absolute Gasteiger partial charge is 0.160 e. The average Bonchev–Trinajstić information content (AvgIpc) is 3.60. The van der Waals surface area contributed by atoms with Gasteiger partial charge in [0, 0.05) is 33.2 Å². The van der Waals surface area contributed by atoms with Crippen LogP contribution in [-0.2, 0) is 0 Å². The summed E-state index contributed by atoms with van der Waals surface area (Å²) in [6.07, 6.45) is 0. The highest BCUT2D eigenvalue weighted by atomic mass is 16.3. The molecule has 0 aliphatic rings. The zero-order valence-electron chi connectivity index (χ0n) is 28.8. The van der Waals surface area contributed by atoms with Gasteiger partial charge >= 0.3 is 0 Å². The molecule has 0 spiro atoms. The van der Waals surface area contributed by atoms with Crippen molar-refractivity contribution in [1.82, 2.24) is 0 Å². The summed E-state index contributed by atoms with van der Waals surface area (Å²) in [5, 5.41) is 6.60. The van der Waals surface area contributed by atoms with E-state index in [1.807, 2.05) is 19.1 Å². The Morgan fingerprint density at radius 3 is 1.88 bits per heavy atom. The first-order valence-electron chi connectivity index (χ1n) is 17.5. The standard InChI is InChI=1S/C49H34N2O/c1-32(34-24-26-37(27-25-34)35-14-5-3-6-15-35)50-49(51-33(2)39-29-28-36-16-9-10-19-40(36)30-39)45-31-46-47(43-21-12-11-20-42(43)45)44-23-13-22-41(48(44)52-46)38-17-7-4-8-18-38/h3-31H,2H2,1H3. The van der Waals surface area contributed by atoms with Gasteiger partial charge in [0.15, 0.2) is 5.84 Å². The molecule has 3 heteroatoms. The monoisotopic (exact) mass is 666 g/mol. The van der Waals surface area contributed by atoms with Crippen molar-refractivity contribution in [2.45, 2.75) is 6.92 Å². The van der Waals surface area contributed by atoms with Crippen LogP contribution >= 0.6 is 0 Å². The van der Waals surface area contributed by atoms with Gasteiger partial charge in [0.05, 0.1) is 5.70 Å².